The van der Waals surface area contributed by atoms with Gasteiger partial charge < -0.3 is 24.8 Å². The Labute approximate surface area is 177 Å². The zero-order chi connectivity index (χ0) is 21.5. The maximum Gasteiger partial charge on any atom is 0.316 e. The third kappa shape index (κ3) is 5.38. The standard InChI is InChI=1S/C22H30N4O4/c1-4-15(12-21(27)28)16-5-6-20(26(2)18-7-9-30-10-8-18)19(11-16)25-17-13-23-22(29-3)24-14-17/h5-6,11,13-15,18,25H,4,7-10,12H2,1-3H3,(H,27,28). The normalized spacial score (nSPS) is 15.4. The summed E-state index contributed by atoms with van der Waals surface area (Å²) in [6.07, 6.45) is 6.15. The molecule has 0 spiro atoms. The van der Waals surface area contributed by atoms with Crippen molar-refractivity contribution < 1.29 is 19.4 Å². The second-order valence-electron chi connectivity index (χ2n) is 7.52. The van der Waals surface area contributed by atoms with E-state index in [2.05, 4.69) is 33.3 Å². The Morgan fingerprint density at radius 1 is 1.33 bits per heavy atom. The minimum atomic E-state index is -0.789. The van der Waals surface area contributed by atoms with Gasteiger partial charge in [-0.15, -0.1) is 0 Å². The number of hydrogen-bond acceptors (Lipinski definition) is 7. The van der Waals surface area contributed by atoms with E-state index in [0.29, 0.717) is 12.1 Å². The van der Waals surface area contributed by atoms with Crippen molar-refractivity contribution in [2.75, 3.05) is 37.6 Å². The van der Waals surface area contributed by atoms with Crippen LogP contribution in [0.4, 0.5) is 17.1 Å². The molecule has 1 atom stereocenters. The maximum absolute atomic E-state index is 11.3. The van der Waals surface area contributed by atoms with E-state index in [9.17, 15) is 9.90 Å². The lowest BCUT2D eigenvalue weighted by atomic mass is 9.92. The Kier molecular flexibility index (Phi) is 7.46. The van der Waals surface area contributed by atoms with Crippen molar-refractivity contribution >= 4 is 23.0 Å². The molecule has 2 N–H and O–H groups in total. The second kappa shape index (κ2) is 10.2. The van der Waals surface area contributed by atoms with Crippen molar-refractivity contribution in [2.24, 2.45) is 0 Å². The largest absolute Gasteiger partial charge is 0.481 e. The van der Waals surface area contributed by atoms with Crippen molar-refractivity contribution in [3.8, 4) is 6.01 Å². The van der Waals surface area contributed by atoms with Crippen LogP contribution in [0.3, 0.4) is 0 Å². The number of carboxylic acid groups (broad SMARTS) is 1. The quantitative estimate of drug-likeness (QED) is 0.639. The molecule has 8 nitrogen and oxygen atoms in total. The molecule has 2 aromatic rings. The van der Waals surface area contributed by atoms with Gasteiger partial charge in [0.1, 0.15) is 0 Å². The van der Waals surface area contributed by atoms with E-state index in [1.165, 1.54) is 7.11 Å². The summed E-state index contributed by atoms with van der Waals surface area (Å²) < 4.78 is 10.5. The lowest BCUT2D eigenvalue weighted by Gasteiger charge is -2.34. The summed E-state index contributed by atoms with van der Waals surface area (Å²) in [6.45, 7) is 3.54. The Hall–Kier alpha value is -2.87. The van der Waals surface area contributed by atoms with Crippen molar-refractivity contribution in [1.29, 1.82) is 0 Å². The van der Waals surface area contributed by atoms with Crippen LogP contribution in [0.2, 0.25) is 0 Å². The first-order valence-corrected chi connectivity index (χ1v) is 10.3. The summed E-state index contributed by atoms with van der Waals surface area (Å²) in [5, 5.41) is 12.7. The number of aliphatic carboxylic acids is 1. The lowest BCUT2D eigenvalue weighted by Crippen LogP contribution is -2.37. The van der Waals surface area contributed by atoms with Crippen LogP contribution >= 0.6 is 0 Å². The van der Waals surface area contributed by atoms with Crippen LogP contribution in [0.1, 0.15) is 44.1 Å². The van der Waals surface area contributed by atoms with Gasteiger partial charge in [0.25, 0.3) is 0 Å². The lowest BCUT2D eigenvalue weighted by molar-refractivity contribution is -0.137. The van der Waals surface area contributed by atoms with Gasteiger partial charge in [-0.1, -0.05) is 13.0 Å². The fourth-order valence-corrected chi connectivity index (χ4v) is 3.83. The minimum absolute atomic E-state index is 0.0439. The molecule has 30 heavy (non-hydrogen) atoms. The highest BCUT2D eigenvalue weighted by atomic mass is 16.5. The van der Waals surface area contributed by atoms with Gasteiger partial charge in [-0.3, -0.25) is 4.79 Å². The van der Waals surface area contributed by atoms with Crippen LogP contribution in [0.15, 0.2) is 30.6 Å². The van der Waals surface area contributed by atoms with Crippen LogP contribution in [-0.2, 0) is 9.53 Å². The average Bonchev–Trinajstić information content (AvgIpc) is 2.78. The Balaban J connectivity index is 1.93. The zero-order valence-corrected chi connectivity index (χ0v) is 17.8. The van der Waals surface area contributed by atoms with E-state index in [-0.39, 0.29) is 12.3 Å². The maximum atomic E-state index is 11.3. The fourth-order valence-electron chi connectivity index (χ4n) is 3.83. The fraction of sp³-hybridized carbons (Fsp3) is 0.500. The molecule has 1 aliphatic rings. The van der Waals surface area contributed by atoms with E-state index >= 15 is 0 Å². The number of hydrogen-bond donors (Lipinski definition) is 2. The van der Waals surface area contributed by atoms with E-state index in [1.807, 2.05) is 19.1 Å². The molecule has 1 unspecified atom stereocenters. The smallest absolute Gasteiger partial charge is 0.316 e. The van der Waals surface area contributed by atoms with E-state index in [0.717, 1.165) is 55.1 Å². The zero-order valence-electron chi connectivity index (χ0n) is 17.8. The molecule has 1 saturated heterocycles. The molecule has 1 fully saturated rings. The first-order valence-electron chi connectivity index (χ1n) is 10.3. The number of nitrogens with one attached hydrogen (secondary N) is 1. The highest BCUT2D eigenvalue weighted by Gasteiger charge is 2.22. The molecular formula is C22H30N4O4. The molecular weight excluding hydrogens is 384 g/mol. The number of nitrogens with zero attached hydrogens (tertiary/aromatic N) is 3. The van der Waals surface area contributed by atoms with Crippen molar-refractivity contribution in [1.82, 2.24) is 9.97 Å². The monoisotopic (exact) mass is 414 g/mol. The first-order chi connectivity index (χ1) is 14.5. The average molecular weight is 415 g/mol. The van der Waals surface area contributed by atoms with Crippen LogP contribution in [0, 0.1) is 0 Å². The third-order valence-electron chi connectivity index (χ3n) is 5.61. The molecule has 0 bridgehead atoms. The number of benzene rings is 1. The van der Waals surface area contributed by atoms with Crippen molar-refractivity contribution in [3.63, 3.8) is 0 Å². The number of anilines is 3. The molecule has 0 radical (unpaired) electrons. The number of ether oxygens (including phenoxy) is 2. The Bertz CT molecular complexity index is 838. The summed E-state index contributed by atoms with van der Waals surface area (Å²) in [6, 6.07) is 6.85. The van der Waals surface area contributed by atoms with Crippen LogP contribution in [0.25, 0.3) is 0 Å². The summed E-state index contributed by atoms with van der Waals surface area (Å²) >= 11 is 0. The molecule has 8 heteroatoms. The molecule has 3 rings (SSSR count). The number of rotatable bonds is 9. The molecule has 162 valence electrons. The number of aromatic nitrogens is 2. The SMILES string of the molecule is CCC(CC(=O)O)c1ccc(N(C)C2CCOCC2)c(Nc2cnc(OC)nc2)c1. The molecule has 1 aromatic heterocycles. The number of methoxy groups -OCH3 is 1. The van der Waals surface area contributed by atoms with Crippen LogP contribution < -0.4 is 15.0 Å². The molecule has 1 aromatic carbocycles. The molecule has 0 amide bonds. The van der Waals surface area contributed by atoms with Gasteiger partial charge in [-0.05, 0) is 42.9 Å². The van der Waals surface area contributed by atoms with Gasteiger partial charge in [0.2, 0.25) is 0 Å². The van der Waals surface area contributed by atoms with Gasteiger partial charge in [-0.2, -0.15) is 0 Å². The summed E-state index contributed by atoms with van der Waals surface area (Å²) in [5.41, 5.74) is 3.69. The second-order valence-corrected chi connectivity index (χ2v) is 7.52. The van der Waals surface area contributed by atoms with Crippen LogP contribution in [0.5, 0.6) is 6.01 Å². The highest BCUT2D eigenvalue weighted by Crippen LogP contribution is 2.35. The topological polar surface area (TPSA) is 96.8 Å². The van der Waals surface area contributed by atoms with Gasteiger partial charge in [0, 0.05) is 26.3 Å². The minimum Gasteiger partial charge on any atom is -0.481 e. The van der Waals surface area contributed by atoms with Crippen LogP contribution in [-0.4, -0.2) is 54.5 Å². The molecule has 2 heterocycles. The Morgan fingerprint density at radius 3 is 2.63 bits per heavy atom. The molecule has 0 aliphatic carbocycles. The summed E-state index contributed by atoms with van der Waals surface area (Å²) in [5.74, 6) is -0.832. The van der Waals surface area contributed by atoms with E-state index in [1.54, 1.807) is 12.4 Å². The number of carbonyl (C=O) groups is 1. The third-order valence-corrected chi connectivity index (χ3v) is 5.61. The van der Waals surface area contributed by atoms with Gasteiger partial charge in [0.15, 0.2) is 0 Å². The predicted molar refractivity (Wildman–Crippen MR) is 116 cm³/mol. The van der Waals surface area contributed by atoms with Gasteiger partial charge in [-0.25, -0.2) is 9.97 Å². The summed E-state index contributed by atoms with van der Waals surface area (Å²) in [7, 11) is 3.62. The van der Waals surface area contributed by atoms with Gasteiger partial charge in [0.05, 0.1) is 43.0 Å². The number of carboxylic acids is 1. The Morgan fingerprint density at radius 2 is 2.03 bits per heavy atom. The first kappa shape index (κ1) is 21.8. The summed E-state index contributed by atoms with van der Waals surface area (Å²) in [4.78, 5) is 21.9. The van der Waals surface area contributed by atoms with E-state index < -0.39 is 5.97 Å². The van der Waals surface area contributed by atoms with Crippen molar-refractivity contribution in [3.05, 3.63) is 36.2 Å². The van der Waals surface area contributed by atoms with E-state index in [4.69, 9.17) is 9.47 Å². The molecule has 0 saturated carbocycles. The molecule has 1 aliphatic heterocycles. The van der Waals surface area contributed by atoms with Crippen molar-refractivity contribution in [2.45, 2.75) is 44.6 Å². The predicted octanol–water partition coefficient (Wildman–Crippen LogP) is 3.81. The van der Waals surface area contributed by atoms with Gasteiger partial charge >= 0.3 is 12.0 Å². The highest BCUT2D eigenvalue weighted by molar-refractivity contribution is 5.76.